The van der Waals surface area contributed by atoms with Gasteiger partial charge in [-0.25, -0.2) is 0 Å². The molecule has 0 unspecified atom stereocenters. The average molecular weight is 223 g/mol. The minimum Gasteiger partial charge on any atom is -0.493 e. The van der Waals surface area contributed by atoms with Crippen LogP contribution >= 0.6 is 0 Å². The van der Waals surface area contributed by atoms with Crippen LogP contribution in [0.25, 0.3) is 11.0 Å². The Labute approximate surface area is 92.4 Å². The van der Waals surface area contributed by atoms with Crippen LogP contribution < -0.4 is 9.47 Å². The molecule has 0 atom stereocenters. The van der Waals surface area contributed by atoms with Gasteiger partial charge in [0.25, 0.3) is 0 Å². The van der Waals surface area contributed by atoms with Crippen molar-refractivity contribution in [1.29, 1.82) is 0 Å². The van der Waals surface area contributed by atoms with Gasteiger partial charge in [0.05, 0.1) is 27.4 Å². The van der Waals surface area contributed by atoms with E-state index < -0.39 is 0 Å². The second-order valence-corrected chi connectivity index (χ2v) is 3.22. The lowest BCUT2D eigenvalue weighted by molar-refractivity contribution is 0.261. The van der Waals surface area contributed by atoms with E-state index in [1.807, 2.05) is 0 Å². The Bertz CT molecular complexity index is 454. The molecule has 0 saturated heterocycles. The largest absolute Gasteiger partial charge is 0.493 e. The lowest BCUT2D eigenvalue weighted by Crippen LogP contribution is -2.05. The molecule has 0 saturated carbocycles. The molecule has 0 radical (unpaired) electrons. The lowest BCUT2D eigenvalue weighted by Gasteiger charge is -2.05. The van der Waals surface area contributed by atoms with Crippen molar-refractivity contribution >= 4 is 11.0 Å². The maximum absolute atomic E-state index is 8.80. The number of benzene rings is 1. The monoisotopic (exact) mass is 223 g/mol. The Hall–Kier alpha value is -1.82. The average Bonchev–Trinajstić information content (AvgIpc) is 2.68. The number of nitrogens with zero attached hydrogens (tertiary/aromatic N) is 3. The minimum absolute atomic E-state index is 0.00918. The van der Waals surface area contributed by atoms with E-state index >= 15 is 0 Å². The number of aliphatic hydroxyl groups is 1. The van der Waals surface area contributed by atoms with Gasteiger partial charge in [0.15, 0.2) is 11.5 Å². The highest BCUT2D eigenvalue weighted by molar-refractivity contribution is 5.78. The van der Waals surface area contributed by atoms with Gasteiger partial charge in [0.1, 0.15) is 11.0 Å². The van der Waals surface area contributed by atoms with Crippen molar-refractivity contribution in [2.75, 3.05) is 20.8 Å². The van der Waals surface area contributed by atoms with Crippen molar-refractivity contribution in [3.63, 3.8) is 0 Å². The maximum atomic E-state index is 8.80. The predicted molar refractivity (Wildman–Crippen MR) is 57.7 cm³/mol. The van der Waals surface area contributed by atoms with Crippen molar-refractivity contribution in [1.82, 2.24) is 15.0 Å². The Morgan fingerprint density at radius 2 is 1.62 bits per heavy atom. The van der Waals surface area contributed by atoms with Gasteiger partial charge in [-0.05, 0) is 0 Å². The number of aromatic nitrogens is 3. The number of hydrogen-bond acceptors (Lipinski definition) is 5. The molecule has 1 N–H and O–H groups in total. The van der Waals surface area contributed by atoms with Gasteiger partial charge in [0, 0.05) is 12.1 Å². The molecule has 1 heterocycles. The molecule has 86 valence electrons. The predicted octanol–water partition coefficient (Wildman–Crippen LogP) is 0.441. The first-order valence-corrected chi connectivity index (χ1v) is 4.86. The molecule has 0 amide bonds. The fraction of sp³-hybridized carbons (Fsp3) is 0.400. The summed E-state index contributed by atoms with van der Waals surface area (Å²) < 4.78 is 10.3. The highest BCUT2D eigenvalue weighted by Gasteiger charge is 2.09. The zero-order chi connectivity index (χ0) is 11.5. The van der Waals surface area contributed by atoms with E-state index in [0.29, 0.717) is 29.1 Å². The summed E-state index contributed by atoms with van der Waals surface area (Å²) in [5.41, 5.74) is 1.43. The highest BCUT2D eigenvalue weighted by Crippen LogP contribution is 2.30. The number of ether oxygens (including phenoxy) is 2. The van der Waals surface area contributed by atoms with E-state index in [1.165, 1.54) is 4.80 Å². The lowest BCUT2D eigenvalue weighted by atomic mass is 10.3. The summed E-state index contributed by atoms with van der Waals surface area (Å²) in [7, 11) is 3.14. The molecule has 2 rings (SSSR count). The Balaban J connectivity index is 2.51. The topological polar surface area (TPSA) is 69.4 Å². The van der Waals surface area contributed by atoms with E-state index in [-0.39, 0.29) is 6.61 Å². The summed E-state index contributed by atoms with van der Waals surface area (Å²) in [4.78, 5) is 1.45. The molecule has 0 fully saturated rings. The molecule has 0 aliphatic carbocycles. The molecule has 0 spiro atoms. The fourth-order valence-electron chi connectivity index (χ4n) is 1.48. The molecule has 0 aliphatic heterocycles. The van der Waals surface area contributed by atoms with E-state index in [4.69, 9.17) is 14.6 Å². The van der Waals surface area contributed by atoms with Crippen LogP contribution in [-0.4, -0.2) is 40.9 Å². The van der Waals surface area contributed by atoms with Crippen molar-refractivity contribution in [2.45, 2.75) is 6.54 Å². The SMILES string of the molecule is COc1cc2nn(CCO)nc2cc1OC. The third-order valence-corrected chi connectivity index (χ3v) is 2.23. The van der Waals surface area contributed by atoms with Crippen LogP contribution in [0.5, 0.6) is 11.5 Å². The second kappa shape index (κ2) is 4.36. The summed E-state index contributed by atoms with van der Waals surface area (Å²) in [6.45, 7) is 0.384. The quantitative estimate of drug-likeness (QED) is 0.814. The summed E-state index contributed by atoms with van der Waals surface area (Å²) in [6, 6.07) is 3.52. The number of aliphatic hydroxyl groups excluding tert-OH is 1. The molecule has 0 aliphatic rings. The molecule has 6 heteroatoms. The van der Waals surface area contributed by atoms with Gasteiger partial charge < -0.3 is 14.6 Å². The van der Waals surface area contributed by atoms with Gasteiger partial charge in [-0.15, -0.1) is 0 Å². The summed E-state index contributed by atoms with van der Waals surface area (Å²) in [5.74, 6) is 1.23. The second-order valence-electron chi connectivity index (χ2n) is 3.22. The van der Waals surface area contributed by atoms with Gasteiger partial charge in [-0.1, -0.05) is 0 Å². The molecule has 1 aromatic carbocycles. The molecule has 1 aromatic heterocycles. The summed E-state index contributed by atoms with van der Waals surface area (Å²) >= 11 is 0. The van der Waals surface area contributed by atoms with Crippen molar-refractivity contribution in [3.05, 3.63) is 12.1 Å². The Morgan fingerprint density at radius 3 is 2.00 bits per heavy atom. The van der Waals surface area contributed by atoms with Crippen LogP contribution in [0.4, 0.5) is 0 Å². The number of fused-ring (bicyclic) bond motifs is 1. The molecular formula is C10H13N3O3. The van der Waals surface area contributed by atoms with E-state index in [1.54, 1.807) is 26.4 Å². The Morgan fingerprint density at radius 1 is 1.12 bits per heavy atom. The molecule has 0 bridgehead atoms. The third kappa shape index (κ3) is 1.79. The van der Waals surface area contributed by atoms with Gasteiger partial charge in [0.2, 0.25) is 0 Å². The summed E-state index contributed by atoms with van der Waals surface area (Å²) in [6.07, 6.45) is 0. The normalized spacial score (nSPS) is 10.7. The van der Waals surface area contributed by atoms with Crippen LogP contribution in [0, 0.1) is 0 Å². The molecule has 6 nitrogen and oxygen atoms in total. The van der Waals surface area contributed by atoms with Crippen LogP contribution in [-0.2, 0) is 6.54 Å². The van der Waals surface area contributed by atoms with Gasteiger partial charge in [-0.2, -0.15) is 15.0 Å². The van der Waals surface area contributed by atoms with Gasteiger partial charge in [-0.3, -0.25) is 0 Å². The van der Waals surface area contributed by atoms with Crippen molar-refractivity contribution in [2.24, 2.45) is 0 Å². The molecule has 16 heavy (non-hydrogen) atoms. The minimum atomic E-state index is 0.00918. The van der Waals surface area contributed by atoms with Gasteiger partial charge >= 0.3 is 0 Å². The zero-order valence-electron chi connectivity index (χ0n) is 9.17. The first-order chi connectivity index (χ1) is 7.78. The van der Waals surface area contributed by atoms with Crippen LogP contribution in [0.1, 0.15) is 0 Å². The first-order valence-electron chi connectivity index (χ1n) is 4.86. The standard InChI is InChI=1S/C10H13N3O3/c1-15-9-5-7-8(6-10(9)16-2)12-13(11-7)3-4-14/h5-6,14H,3-4H2,1-2H3. The first kappa shape index (κ1) is 10.7. The summed E-state index contributed by atoms with van der Waals surface area (Å²) in [5, 5.41) is 17.2. The number of rotatable bonds is 4. The number of hydrogen-bond donors (Lipinski definition) is 1. The Kier molecular flexibility index (Phi) is 2.91. The highest BCUT2D eigenvalue weighted by atomic mass is 16.5. The van der Waals surface area contributed by atoms with Crippen LogP contribution in [0.2, 0.25) is 0 Å². The smallest absolute Gasteiger partial charge is 0.163 e. The third-order valence-electron chi connectivity index (χ3n) is 2.23. The van der Waals surface area contributed by atoms with Crippen LogP contribution in [0.15, 0.2) is 12.1 Å². The van der Waals surface area contributed by atoms with E-state index in [9.17, 15) is 0 Å². The molecule has 2 aromatic rings. The van der Waals surface area contributed by atoms with Crippen molar-refractivity contribution < 1.29 is 14.6 Å². The van der Waals surface area contributed by atoms with E-state index in [0.717, 1.165) is 0 Å². The van der Waals surface area contributed by atoms with E-state index in [2.05, 4.69) is 10.2 Å². The fourth-order valence-corrected chi connectivity index (χ4v) is 1.48. The number of methoxy groups -OCH3 is 2. The van der Waals surface area contributed by atoms with Crippen molar-refractivity contribution in [3.8, 4) is 11.5 Å². The molecular weight excluding hydrogens is 210 g/mol. The maximum Gasteiger partial charge on any atom is 0.163 e. The van der Waals surface area contributed by atoms with Crippen LogP contribution in [0.3, 0.4) is 0 Å². The zero-order valence-corrected chi connectivity index (χ0v) is 9.17.